The molecule has 0 bridgehead atoms. The molecule has 0 spiro atoms. The smallest absolute Gasteiger partial charge is 0.264 e. The number of fused-ring (bicyclic) bond motifs is 2. The molecule has 5 rings (SSSR count). The zero-order chi connectivity index (χ0) is 21.8. The van der Waals surface area contributed by atoms with Gasteiger partial charge in [0.25, 0.3) is 15.9 Å². The van der Waals surface area contributed by atoms with Gasteiger partial charge in [-0.05, 0) is 74.2 Å². The number of anilines is 2. The van der Waals surface area contributed by atoms with Crippen LogP contribution in [0.3, 0.4) is 0 Å². The minimum absolute atomic E-state index is 0.0351. The van der Waals surface area contributed by atoms with Crippen LogP contribution in [0, 0.1) is 0 Å². The quantitative estimate of drug-likeness (QED) is 0.616. The SMILES string of the molecule is C[C@H]1Cc2cc(S(=O)(=O)N3c4ccccc4C[C@@H]3C)ccc2N1C(=O)c1ccccc1. The lowest BCUT2D eigenvalue weighted by atomic mass is 10.1. The average molecular weight is 433 g/mol. The number of amides is 1. The summed E-state index contributed by atoms with van der Waals surface area (Å²) >= 11 is 0. The molecule has 2 aliphatic heterocycles. The minimum Gasteiger partial charge on any atom is -0.305 e. The number of benzene rings is 3. The van der Waals surface area contributed by atoms with E-state index in [0.29, 0.717) is 18.4 Å². The molecule has 0 radical (unpaired) electrons. The first kappa shape index (κ1) is 19.8. The van der Waals surface area contributed by atoms with Gasteiger partial charge in [0, 0.05) is 23.3 Å². The highest BCUT2D eigenvalue weighted by Gasteiger charge is 2.38. The lowest BCUT2D eigenvalue weighted by Crippen LogP contribution is -2.36. The van der Waals surface area contributed by atoms with Gasteiger partial charge in [0.15, 0.2) is 0 Å². The predicted molar refractivity (Wildman–Crippen MR) is 122 cm³/mol. The topological polar surface area (TPSA) is 57.7 Å². The number of para-hydroxylation sites is 1. The summed E-state index contributed by atoms with van der Waals surface area (Å²) in [7, 11) is -3.70. The Hall–Kier alpha value is -3.12. The molecule has 0 unspecified atom stereocenters. The fourth-order valence-electron chi connectivity index (χ4n) is 4.81. The highest BCUT2D eigenvalue weighted by molar-refractivity contribution is 7.92. The number of sulfonamides is 1. The van der Waals surface area contributed by atoms with Crippen molar-refractivity contribution in [1.82, 2.24) is 0 Å². The summed E-state index contributed by atoms with van der Waals surface area (Å²) in [4.78, 5) is 15.1. The van der Waals surface area contributed by atoms with Crippen molar-refractivity contribution in [2.45, 2.75) is 43.7 Å². The third-order valence-corrected chi connectivity index (χ3v) is 8.13. The van der Waals surface area contributed by atoms with Crippen LogP contribution in [-0.4, -0.2) is 26.4 Å². The summed E-state index contributed by atoms with van der Waals surface area (Å²) in [5, 5.41) is 0. The molecule has 2 heterocycles. The summed E-state index contributed by atoms with van der Waals surface area (Å²) < 4.78 is 28.7. The van der Waals surface area contributed by atoms with Gasteiger partial charge >= 0.3 is 0 Å². The molecule has 1 amide bonds. The maximum Gasteiger partial charge on any atom is 0.264 e. The lowest BCUT2D eigenvalue weighted by molar-refractivity contribution is 0.0981. The molecule has 5 nitrogen and oxygen atoms in total. The van der Waals surface area contributed by atoms with E-state index < -0.39 is 10.0 Å². The molecule has 0 fully saturated rings. The van der Waals surface area contributed by atoms with Crippen LogP contribution in [0.4, 0.5) is 11.4 Å². The van der Waals surface area contributed by atoms with Crippen molar-refractivity contribution >= 4 is 27.3 Å². The van der Waals surface area contributed by atoms with Crippen LogP contribution in [0.5, 0.6) is 0 Å². The minimum atomic E-state index is -3.70. The number of hydrogen-bond donors (Lipinski definition) is 0. The molecule has 0 saturated carbocycles. The molecular weight excluding hydrogens is 408 g/mol. The number of carbonyl (C=O) groups is 1. The van der Waals surface area contributed by atoms with Crippen LogP contribution in [0.15, 0.2) is 77.7 Å². The van der Waals surface area contributed by atoms with Gasteiger partial charge in [0.1, 0.15) is 0 Å². The molecule has 3 aromatic rings. The van der Waals surface area contributed by atoms with Crippen molar-refractivity contribution in [3.05, 3.63) is 89.5 Å². The molecule has 0 saturated heterocycles. The van der Waals surface area contributed by atoms with E-state index in [-0.39, 0.29) is 22.9 Å². The second kappa shape index (κ2) is 7.24. The van der Waals surface area contributed by atoms with E-state index in [1.165, 1.54) is 4.31 Å². The third kappa shape index (κ3) is 3.13. The predicted octanol–water partition coefficient (Wildman–Crippen LogP) is 4.42. The monoisotopic (exact) mass is 432 g/mol. The van der Waals surface area contributed by atoms with Gasteiger partial charge in [-0.15, -0.1) is 0 Å². The van der Waals surface area contributed by atoms with Crippen LogP contribution in [0.25, 0.3) is 0 Å². The molecule has 0 aliphatic carbocycles. The second-order valence-corrected chi connectivity index (χ2v) is 10.2. The fraction of sp³-hybridized carbons (Fsp3) is 0.240. The molecule has 31 heavy (non-hydrogen) atoms. The van der Waals surface area contributed by atoms with E-state index in [2.05, 4.69) is 0 Å². The number of rotatable bonds is 3. The summed E-state index contributed by atoms with van der Waals surface area (Å²) in [6, 6.07) is 21.8. The molecule has 0 N–H and O–H groups in total. The fourth-order valence-corrected chi connectivity index (χ4v) is 6.56. The standard InChI is InChI=1S/C25H24N2O3S/c1-17-14-21-16-22(12-13-23(21)26(17)25(28)19-8-4-3-5-9-19)31(29,30)27-18(2)15-20-10-6-7-11-24(20)27/h3-13,16-18H,14-15H2,1-2H3/t17-,18-/m0/s1. The Morgan fingerprint density at radius 1 is 0.806 bits per heavy atom. The van der Waals surface area contributed by atoms with Crippen molar-refractivity contribution < 1.29 is 13.2 Å². The van der Waals surface area contributed by atoms with Crippen LogP contribution < -0.4 is 9.21 Å². The molecule has 2 atom stereocenters. The van der Waals surface area contributed by atoms with Crippen molar-refractivity contribution in [2.75, 3.05) is 9.21 Å². The number of hydrogen-bond acceptors (Lipinski definition) is 3. The lowest BCUT2D eigenvalue weighted by Gasteiger charge is -2.25. The van der Waals surface area contributed by atoms with E-state index in [9.17, 15) is 13.2 Å². The van der Waals surface area contributed by atoms with Gasteiger partial charge in [0.2, 0.25) is 0 Å². The maximum atomic E-state index is 13.6. The summed E-state index contributed by atoms with van der Waals surface area (Å²) in [5.74, 6) is -0.0652. The molecule has 3 aromatic carbocycles. The van der Waals surface area contributed by atoms with Gasteiger partial charge in [-0.1, -0.05) is 36.4 Å². The normalized spacial score (nSPS) is 19.9. The van der Waals surface area contributed by atoms with E-state index in [1.807, 2.05) is 56.3 Å². The highest BCUT2D eigenvalue weighted by Crippen LogP contribution is 2.39. The summed E-state index contributed by atoms with van der Waals surface area (Å²) in [6.07, 6.45) is 1.33. The second-order valence-electron chi connectivity index (χ2n) is 8.37. The summed E-state index contributed by atoms with van der Waals surface area (Å²) in [5.41, 5.74) is 4.10. The van der Waals surface area contributed by atoms with E-state index in [1.54, 1.807) is 35.2 Å². The zero-order valence-electron chi connectivity index (χ0n) is 17.5. The first-order valence-electron chi connectivity index (χ1n) is 10.5. The highest BCUT2D eigenvalue weighted by atomic mass is 32.2. The maximum absolute atomic E-state index is 13.6. The number of carbonyl (C=O) groups excluding carboxylic acids is 1. The van der Waals surface area contributed by atoms with Crippen LogP contribution in [0.1, 0.15) is 35.3 Å². The molecule has 0 aromatic heterocycles. The van der Waals surface area contributed by atoms with Gasteiger partial charge < -0.3 is 4.90 Å². The van der Waals surface area contributed by atoms with E-state index >= 15 is 0 Å². The van der Waals surface area contributed by atoms with Crippen molar-refractivity contribution in [2.24, 2.45) is 0 Å². The van der Waals surface area contributed by atoms with Crippen molar-refractivity contribution in [3.8, 4) is 0 Å². The first-order valence-corrected chi connectivity index (χ1v) is 12.0. The Bertz CT molecular complexity index is 1270. The van der Waals surface area contributed by atoms with Gasteiger partial charge in [-0.2, -0.15) is 0 Å². The Kier molecular flexibility index (Phi) is 4.63. The average Bonchev–Trinajstić information content (AvgIpc) is 3.28. The molecule has 2 aliphatic rings. The Labute approximate surface area is 183 Å². The van der Waals surface area contributed by atoms with Crippen molar-refractivity contribution in [3.63, 3.8) is 0 Å². The zero-order valence-corrected chi connectivity index (χ0v) is 18.3. The van der Waals surface area contributed by atoms with E-state index in [0.717, 1.165) is 22.5 Å². The molecule has 6 heteroatoms. The Morgan fingerprint density at radius 3 is 2.26 bits per heavy atom. The third-order valence-electron chi connectivity index (χ3n) is 6.21. The van der Waals surface area contributed by atoms with Gasteiger partial charge in [-0.3, -0.25) is 9.10 Å². The summed E-state index contributed by atoms with van der Waals surface area (Å²) in [6.45, 7) is 3.93. The van der Waals surface area contributed by atoms with Gasteiger partial charge in [0.05, 0.1) is 10.6 Å². The van der Waals surface area contributed by atoms with Crippen molar-refractivity contribution in [1.29, 1.82) is 0 Å². The van der Waals surface area contributed by atoms with Crippen LogP contribution in [-0.2, 0) is 22.9 Å². The first-order chi connectivity index (χ1) is 14.9. The Morgan fingerprint density at radius 2 is 1.48 bits per heavy atom. The van der Waals surface area contributed by atoms with E-state index in [4.69, 9.17) is 0 Å². The van der Waals surface area contributed by atoms with Crippen LogP contribution in [0.2, 0.25) is 0 Å². The largest absolute Gasteiger partial charge is 0.305 e. The molecular formula is C25H24N2O3S. The Balaban J connectivity index is 1.52. The van der Waals surface area contributed by atoms with Gasteiger partial charge in [-0.25, -0.2) is 8.42 Å². The number of nitrogens with zero attached hydrogens (tertiary/aromatic N) is 2. The molecule has 158 valence electrons. The van der Waals surface area contributed by atoms with Crippen LogP contribution >= 0.6 is 0 Å².